The number of hydrogen-bond donors (Lipinski definition) is 2. The molecule has 0 saturated carbocycles. The maximum atomic E-state index is 11.6. The lowest BCUT2D eigenvalue weighted by Gasteiger charge is -2.22. The summed E-state index contributed by atoms with van der Waals surface area (Å²) in [5, 5.41) is 6.05. The van der Waals surface area contributed by atoms with E-state index in [1.165, 1.54) is 0 Å². The van der Waals surface area contributed by atoms with Gasteiger partial charge in [0, 0.05) is 33.1 Å². The van der Waals surface area contributed by atoms with Crippen LogP contribution >= 0.6 is 24.0 Å². The molecule has 7 heteroatoms. The lowest BCUT2D eigenvalue weighted by molar-refractivity contribution is -0.121. The summed E-state index contributed by atoms with van der Waals surface area (Å²) in [6, 6.07) is 9.88. The first-order valence-corrected chi connectivity index (χ1v) is 7.92. The Hall–Kier alpha value is -1.51. The van der Waals surface area contributed by atoms with Gasteiger partial charge in [-0.3, -0.25) is 9.79 Å². The molecule has 0 fully saturated rings. The molecule has 0 radical (unpaired) electrons. The number of nitrogens with one attached hydrogen (secondary N) is 2. The molecule has 0 aliphatic carbocycles. The monoisotopic (exact) mass is 448 g/mol. The minimum Gasteiger partial charge on any atom is -0.492 e. The van der Waals surface area contributed by atoms with Gasteiger partial charge >= 0.3 is 0 Å². The number of guanidine groups is 1. The molecule has 0 bridgehead atoms. The molecule has 0 saturated heterocycles. The predicted octanol–water partition coefficient (Wildman–Crippen LogP) is 2.11. The molecule has 1 rings (SSSR count). The van der Waals surface area contributed by atoms with Crippen LogP contribution in [-0.2, 0) is 4.79 Å². The molecule has 136 valence electrons. The standard InChI is InChI=1S/C17H28N4O2.HI/c1-14(2)20-16(22)10-11-19-17(18-3)21(4)12-13-23-15-8-6-5-7-9-15;/h5-9,14H,10-13H2,1-4H3,(H,18,19)(H,20,22);1H. The highest BCUT2D eigenvalue weighted by molar-refractivity contribution is 14.0. The highest BCUT2D eigenvalue weighted by Gasteiger charge is 2.07. The first-order valence-electron chi connectivity index (χ1n) is 7.92. The van der Waals surface area contributed by atoms with E-state index in [0.717, 1.165) is 11.7 Å². The molecule has 0 heterocycles. The average molecular weight is 448 g/mol. The van der Waals surface area contributed by atoms with E-state index in [-0.39, 0.29) is 35.9 Å². The smallest absolute Gasteiger partial charge is 0.221 e. The van der Waals surface area contributed by atoms with E-state index in [4.69, 9.17) is 4.74 Å². The predicted molar refractivity (Wildman–Crippen MR) is 109 cm³/mol. The zero-order valence-corrected chi connectivity index (χ0v) is 17.2. The Balaban J connectivity index is 0.00000529. The van der Waals surface area contributed by atoms with Crippen molar-refractivity contribution in [3.63, 3.8) is 0 Å². The molecule has 0 unspecified atom stereocenters. The molecular formula is C17H29IN4O2. The Morgan fingerprint density at radius 3 is 2.54 bits per heavy atom. The van der Waals surface area contributed by atoms with Crippen molar-refractivity contribution in [3.8, 4) is 5.75 Å². The first kappa shape index (κ1) is 22.5. The summed E-state index contributed by atoms with van der Waals surface area (Å²) >= 11 is 0. The number of ether oxygens (including phenoxy) is 1. The summed E-state index contributed by atoms with van der Waals surface area (Å²) in [4.78, 5) is 17.8. The molecule has 2 N–H and O–H groups in total. The van der Waals surface area contributed by atoms with Gasteiger partial charge in [0.2, 0.25) is 5.91 Å². The van der Waals surface area contributed by atoms with Crippen LogP contribution in [-0.4, -0.2) is 56.6 Å². The van der Waals surface area contributed by atoms with Crippen LogP contribution in [0.15, 0.2) is 35.3 Å². The number of carbonyl (C=O) groups excluding carboxylic acids is 1. The van der Waals surface area contributed by atoms with E-state index < -0.39 is 0 Å². The van der Waals surface area contributed by atoms with Crippen molar-refractivity contribution in [1.29, 1.82) is 0 Å². The number of hydrogen-bond acceptors (Lipinski definition) is 3. The summed E-state index contributed by atoms with van der Waals surface area (Å²) in [6.07, 6.45) is 0.422. The highest BCUT2D eigenvalue weighted by Crippen LogP contribution is 2.07. The van der Waals surface area contributed by atoms with Crippen LogP contribution in [0.4, 0.5) is 0 Å². The summed E-state index contributed by atoms with van der Waals surface area (Å²) in [7, 11) is 3.67. The number of amides is 1. The zero-order valence-electron chi connectivity index (χ0n) is 14.9. The summed E-state index contributed by atoms with van der Waals surface area (Å²) in [5.41, 5.74) is 0. The Labute approximate surface area is 162 Å². The minimum absolute atomic E-state index is 0. The Kier molecular flexibility index (Phi) is 12.0. The van der Waals surface area contributed by atoms with Crippen molar-refractivity contribution in [2.75, 3.05) is 33.8 Å². The zero-order chi connectivity index (χ0) is 17.1. The summed E-state index contributed by atoms with van der Waals surface area (Å²) in [5.74, 6) is 1.64. The molecule has 1 aromatic rings. The van der Waals surface area contributed by atoms with Crippen molar-refractivity contribution in [3.05, 3.63) is 30.3 Å². The van der Waals surface area contributed by atoms with Gasteiger partial charge in [-0.2, -0.15) is 0 Å². The molecule has 0 aliphatic rings. The topological polar surface area (TPSA) is 66.0 Å². The highest BCUT2D eigenvalue weighted by atomic mass is 127. The molecular weight excluding hydrogens is 419 g/mol. The van der Waals surface area contributed by atoms with Crippen molar-refractivity contribution in [2.24, 2.45) is 4.99 Å². The van der Waals surface area contributed by atoms with Gasteiger partial charge in [0.25, 0.3) is 0 Å². The Bertz CT molecular complexity index is 495. The number of likely N-dealkylation sites (N-methyl/N-ethyl adjacent to an activating group) is 1. The van der Waals surface area contributed by atoms with Crippen molar-refractivity contribution in [1.82, 2.24) is 15.5 Å². The fraction of sp³-hybridized carbons (Fsp3) is 0.529. The molecule has 1 amide bonds. The molecule has 0 aromatic heterocycles. The van der Waals surface area contributed by atoms with Gasteiger partial charge < -0.3 is 20.3 Å². The van der Waals surface area contributed by atoms with Crippen LogP contribution in [0.25, 0.3) is 0 Å². The Morgan fingerprint density at radius 1 is 1.29 bits per heavy atom. The van der Waals surface area contributed by atoms with Gasteiger partial charge in [-0.05, 0) is 26.0 Å². The molecule has 0 atom stereocenters. The summed E-state index contributed by atoms with van der Waals surface area (Å²) in [6.45, 7) is 5.71. The van der Waals surface area contributed by atoms with Crippen molar-refractivity contribution < 1.29 is 9.53 Å². The van der Waals surface area contributed by atoms with Crippen LogP contribution < -0.4 is 15.4 Å². The van der Waals surface area contributed by atoms with E-state index in [1.54, 1.807) is 7.05 Å². The number of benzene rings is 1. The third kappa shape index (κ3) is 9.59. The quantitative estimate of drug-likeness (QED) is 0.363. The maximum Gasteiger partial charge on any atom is 0.221 e. The number of nitrogens with zero attached hydrogens (tertiary/aromatic N) is 2. The number of halogens is 1. The van der Waals surface area contributed by atoms with Gasteiger partial charge in [-0.1, -0.05) is 18.2 Å². The van der Waals surface area contributed by atoms with Gasteiger partial charge in [0.1, 0.15) is 12.4 Å². The first-order chi connectivity index (χ1) is 11.0. The normalized spacial score (nSPS) is 10.8. The van der Waals surface area contributed by atoms with Gasteiger partial charge in [-0.25, -0.2) is 0 Å². The second-order valence-corrected chi connectivity index (χ2v) is 5.53. The van der Waals surface area contributed by atoms with E-state index in [9.17, 15) is 4.79 Å². The van der Waals surface area contributed by atoms with Crippen LogP contribution in [0.3, 0.4) is 0 Å². The second-order valence-electron chi connectivity index (χ2n) is 5.53. The summed E-state index contributed by atoms with van der Waals surface area (Å²) < 4.78 is 5.67. The van der Waals surface area contributed by atoms with Gasteiger partial charge in [0.05, 0.1) is 6.54 Å². The maximum absolute atomic E-state index is 11.6. The minimum atomic E-state index is 0. The molecule has 6 nitrogen and oxygen atoms in total. The lowest BCUT2D eigenvalue weighted by Crippen LogP contribution is -2.42. The largest absolute Gasteiger partial charge is 0.492 e. The van der Waals surface area contributed by atoms with Crippen LogP contribution in [0.5, 0.6) is 5.75 Å². The third-order valence-electron chi connectivity index (χ3n) is 3.10. The van der Waals surface area contributed by atoms with E-state index in [0.29, 0.717) is 26.1 Å². The van der Waals surface area contributed by atoms with Crippen LogP contribution in [0.2, 0.25) is 0 Å². The fourth-order valence-electron chi connectivity index (χ4n) is 1.99. The number of carbonyl (C=O) groups is 1. The van der Waals surface area contributed by atoms with E-state index in [1.807, 2.05) is 56.1 Å². The van der Waals surface area contributed by atoms with E-state index in [2.05, 4.69) is 15.6 Å². The molecule has 24 heavy (non-hydrogen) atoms. The van der Waals surface area contributed by atoms with E-state index >= 15 is 0 Å². The average Bonchev–Trinajstić information content (AvgIpc) is 2.51. The van der Waals surface area contributed by atoms with Crippen molar-refractivity contribution >= 4 is 35.8 Å². The molecule has 1 aromatic carbocycles. The third-order valence-corrected chi connectivity index (χ3v) is 3.10. The SMILES string of the molecule is CN=C(NCCC(=O)NC(C)C)N(C)CCOc1ccccc1.I. The Morgan fingerprint density at radius 2 is 1.96 bits per heavy atom. The molecule has 0 aliphatic heterocycles. The lowest BCUT2D eigenvalue weighted by atomic mass is 10.3. The van der Waals surface area contributed by atoms with Gasteiger partial charge in [-0.15, -0.1) is 24.0 Å². The van der Waals surface area contributed by atoms with Crippen molar-refractivity contribution in [2.45, 2.75) is 26.3 Å². The second kappa shape index (κ2) is 12.9. The number of rotatable bonds is 8. The van der Waals surface area contributed by atoms with Crippen LogP contribution in [0, 0.1) is 0 Å². The fourth-order valence-corrected chi connectivity index (χ4v) is 1.99. The molecule has 0 spiro atoms. The van der Waals surface area contributed by atoms with Gasteiger partial charge in [0.15, 0.2) is 5.96 Å². The number of para-hydroxylation sites is 1. The van der Waals surface area contributed by atoms with Crippen LogP contribution in [0.1, 0.15) is 20.3 Å². The number of aliphatic imine (C=N–C) groups is 1.